The number of ether oxygens (including phenoxy) is 1. The fraction of sp³-hybridized carbons (Fsp3) is 0.286. The lowest BCUT2D eigenvalue weighted by Crippen LogP contribution is -2.08. The Morgan fingerprint density at radius 2 is 2.28 bits per heavy atom. The molecule has 0 fully saturated rings. The highest BCUT2D eigenvalue weighted by atomic mass is 35.5. The molecular weight excluding hydrogens is 250 g/mol. The van der Waals surface area contributed by atoms with Crippen molar-refractivity contribution in [3.63, 3.8) is 0 Å². The van der Waals surface area contributed by atoms with Gasteiger partial charge in [-0.25, -0.2) is 5.06 Å². The first kappa shape index (κ1) is 13.0. The smallest absolute Gasteiger partial charge is 0.126 e. The Bertz CT molecular complexity index is 457. The van der Waals surface area contributed by atoms with E-state index in [1.165, 1.54) is 0 Å². The topological polar surface area (TPSA) is 21.7 Å². The van der Waals surface area contributed by atoms with Crippen LogP contribution in [0.15, 0.2) is 42.2 Å². The zero-order valence-corrected chi connectivity index (χ0v) is 11.1. The van der Waals surface area contributed by atoms with Crippen LogP contribution in [0.2, 0.25) is 0 Å². The van der Waals surface area contributed by atoms with Crippen molar-refractivity contribution >= 4 is 17.7 Å². The summed E-state index contributed by atoms with van der Waals surface area (Å²) in [4.78, 5) is 5.40. The third kappa shape index (κ3) is 3.28. The fourth-order valence-electron chi connectivity index (χ4n) is 1.64. The minimum absolute atomic E-state index is 0.481. The van der Waals surface area contributed by atoms with Gasteiger partial charge in [0.05, 0.1) is 12.5 Å². The average Bonchev–Trinajstić information content (AvgIpc) is 2.80. The highest BCUT2D eigenvalue weighted by Gasteiger charge is 2.08. The molecule has 0 atom stereocenters. The van der Waals surface area contributed by atoms with Crippen LogP contribution in [0, 0.1) is 0 Å². The summed E-state index contributed by atoms with van der Waals surface area (Å²) in [5, 5.41) is 1.75. The molecule has 4 heteroatoms. The summed E-state index contributed by atoms with van der Waals surface area (Å²) in [6.07, 6.45) is 5.88. The van der Waals surface area contributed by atoms with Crippen LogP contribution in [-0.4, -0.2) is 24.2 Å². The molecular formula is C14H16ClNO2. The van der Waals surface area contributed by atoms with Crippen molar-refractivity contribution in [1.82, 2.24) is 5.06 Å². The standard InChI is InChI=1S/C14H16ClNO2/c1-12-7-10-18-16(12)9-6-13-4-2-3-5-14(13)17-11-8-15/h2-7,9H,8,10-11H2,1H3. The number of hydrogen-bond donors (Lipinski definition) is 0. The molecule has 2 rings (SSSR count). The lowest BCUT2D eigenvalue weighted by Gasteiger charge is -2.13. The minimum atomic E-state index is 0.481. The molecule has 96 valence electrons. The second-order valence-corrected chi connectivity index (χ2v) is 4.24. The molecule has 0 spiro atoms. The number of alkyl halides is 1. The molecule has 0 N–H and O–H groups in total. The lowest BCUT2D eigenvalue weighted by atomic mass is 10.2. The molecule has 1 heterocycles. The number of para-hydroxylation sites is 1. The Kier molecular flexibility index (Phi) is 4.67. The number of hydrogen-bond acceptors (Lipinski definition) is 3. The van der Waals surface area contributed by atoms with E-state index in [1.54, 1.807) is 5.06 Å². The van der Waals surface area contributed by atoms with Crippen molar-refractivity contribution < 1.29 is 9.57 Å². The van der Waals surface area contributed by atoms with Gasteiger partial charge in [0, 0.05) is 17.5 Å². The molecule has 0 radical (unpaired) electrons. The van der Waals surface area contributed by atoms with E-state index in [0.29, 0.717) is 19.1 Å². The molecule has 3 nitrogen and oxygen atoms in total. The first-order valence-electron chi connectivity index (χ1n) is 5.86. The van der Waals surface area contributed by atoms with E-state index in [1.807, 2.05) is 49.5 Å². The number of hydroxylamine groups is 2. The minimum Gasteiger partial charge on any atom is -0.492 e. The average molecular weight is 266 g/mol. The monoisotopic (exact) mass is 265 g/mol. The zero-order valence-electron chi connectivity index (χ0n) is 10.3. The van der Waals surface area contributed by atoms with Gasteiger partial charge in [-0.15, -0.1) is 11.6 Å². The van der Waals surface area contributed by atoms with Crippen molar-refractivity contribution in [3.05, 3.63) is 47.8 Å². The molecule has 0 unspecified atom stereocenters. The number of benzene rings is 1. The third-order valence-corrected chi connectivity index (χ3v) is 2.74. The Morgan fingerprint density at radius 3 is 3.00 bits per heavy atom. The van der Waals surface area contributed by atoms with Crippen molar-refractivity contribution in [3.8, 4) is 5.75 Å². The quantitative estimate of drug-likeness (QED) is 0.762. The normalized spacial score (nSPS) is 15.2. The van der Waals surface area contributed by atoms with E-state index in [0.717, 1.165) is 17.0 Å². The van der Waals surface area contributed by atoms with Gasteiger partial charge in [-0.1, -0.05) is 18.2 Å². The number of allylic oxidation sites excluding steroid dienone is 1. The van der Waals surface area contributed by atoms with Crippen LogP contribution in [0.5, 0.6) is 5.75 Å². The molecule has 0 saturated heterocycles. The molecule has 18 heavy (non-hydrogen) atoms. The van der Waals surface area contributed by atoms with Gasteiger partial charge in [0.15, 0.2) is 0 Å². The molecule has 0 amide bonds. The van der Waals surface area contributed by atoms with Gasteiger partial charge in [-0.05, 0) is 25.1 Å². The largest absolute Gasteiger partial charge is 0.492 e. The molecule has 0 aromatic heterocycles. The number of nitrogens with zero attached hydrogens (tertiary/aromatic N) is 1. The Morgan fingerprint density at radius 1 is 1.44 bits per heavy atom. The maximum absolute atomic E-state index is 5.62. The van der Waals surface area contributed by atoms with Crippen LogP contribution in [0.25, 0.3) is 6.08 Å². The summed E-state index contributed by atoms with van der Waals surface area (Å²) in [6, 6.07) is 7.84. The summed E-state index contributed by atoms with van der Waals surface area (Å²) >= 11 is 5.62. The summed E-state index contributed by atoms with van der Waals surface area (Å²) in [6.45, 7) is 3.14. The lowest BCUT2D eigenvalue weighted by molar-refractivity contribution is -0.0560. The molecule has 1 aliphatic heterocycles. The van der Waals surface area contributed by atoms with Crippen LogP contribution < -0.4 is 4.74 Å². The van der Waals surface area contributed by atoms with Crippen molar-refractivity contribution in [2.45, 2.75) is 6.92 Å². The fourth-order valence-corrected chi connectivity index (χ4v) is 1.71. The Labute approximate surface area is 112 Å². The van der Waals surface area contributed by atoms with Crippen LogP contribution >= 0.6 is 11.6 Å². The predicted octanol–water partition coefficient (Wildman–Crippen LogP) is 3.43. The summed E-state index contributed by atoms with van der Waals surface area (Å²) in [5.41, 5.74) is 2.09. The third-order valence-electron chi connectivity index (χ3n) is 2.58. The Balaban J connectivity index is 2.08. The van der Waals surface area contributed by atoms with Crippen molar-refractivity contribution in [2.24, 2.45) is 0 Å². The second-order valence-electron chi connectivity index (χ2n) is 3.86. The molecule has 1 aromatic rings. The maximum atomic E-state index is 5.62. The Hall–Kier alpha value is -1.45. The van der Waals surface area contributed by atoms with Crippen LogP contribution in [0.4, 0.5) is 0 Å². The van der Waals surface area contributed by atoms with Crippen molar-refractivity contribution in [2.75, 3.05) is 19.1 Å². The van der Waals surface area contributed by atoms with Crippen LogP contribution in [0.3, 0.4) is 0 Å². The SMILES string of the molecule is CC1=CCON1C=Cc1ccccc1OCCCl. The highest BCUT2D eigenvalue weighted by Crippen LogP contribution is 2.21. The van der Waals surface area contributed by atoms with E-state index in [-0.39, 0.29) is 0 Å². The number of halogens is 1. The van der Waals surface area contributed by atoms with Gasteiger partial charge in [0.2, 0.25) is 0 Å². The van der Waals surface area contributed by atoms with Gasteiger partial charge in [0.1, 0.15) is 12.4 Å². The van der Waals surface area contributed by atoms with Crippen LogP contribution in [-0.2, 0) is 4.84 Å². The zero-order chi connectivity index (χ0) is 12.8. The van der Waals surface area contributed by atoms with Gasteiger partial charge in [0.25, 0.3) is 0 Å². The van der Waals surface area contributed by atoms with Gasteiger partial charge in [-0.3, -0.25) is 4.84 Å². The van der Waals surface area contributed by atoms with Crippen molar-refractivity contribution in [1.29, 1.82) is 0 Å². The van der Waals surface area contributed by atoms with Crippen LogP contribution in [0.1, 0.15) is 12.5 Å². The first-order valence-corrected chi connectivity index (χ1v) is 6.39. The molecule has 0 aliphatic carbocycles. The maximum Gasteiger partial charge on any atom is 0.126 e. The molecule has 1 aromatic carbocycles. The van der Waals surface area contributed by atoms with E-state index >= 15 is 0 Å². The van der Waals surface area contributed by atoms with Gasteiger partial charge in [-0.2, -0.15) is 0 Å². The van der Waals surface area contributed by atoms with E-state index in [4.69, 9.17) is 21.2 Å². The first-order chi connectivity index (χ1) is 8.81. The van der Waals surface area contributed by atoms with E-state index in [2.05, 4.69) is 0 Å². The van der Waals surface area contributed by atoms with Gasteiger partial charge < -0.3 is 4.74 Å². The van der Waals surface area contributed by atoms with E-state index < -0.39 is 0 Å². The molecule has 0 bridgehead atoms. The predicted molar refractivity (Wildman–Crippen MR) is 73.2 cm³/mol. The number of rotatable bonds is 5. The summed E-state index contributed by atoms with van der Waals surface area (Å²) < 4.78 is 5.57. The molecule has 0 saturated carbocycles. The summed E-state index contributed by atoms with van der Waals surface area (Å²) in [7, 11) is 0. The highest BCUT2D eigenvalue weighted by molar-refractivity contribution is 6.18. The summed E-state index contributed by atoms with van der Waals surface area (Å²) in [5.74, 6) is 1.31. The second kappa shape index (κ2) is 6.47. The molecule has 1 aliphatic rings. The van der Waals surface area contributed by atoms with Gasteiger partial charge >= 0.3 is 0 Å². The van der Waals surface area contributed by atoms with E-state index in [9.17, 15) is 0 Å².